The summed E-state index contributed by atoms with van der Waals surface area (Å²) < 4.78 is 1.97. The van der Waals surface area contributed by atoms with Crippen LogP contribution in [0.4, 0.5) is 0 Å². The molecule has 30 heavy (non-hydrogen) atoms. The molecule has 3 heterocycles. The lowest BCUT2D eigenvalue weighted by Crippen LogP contribution is -2.42. The number of likely N-dealkylation sites (tertiary alicyclic amines) is 1. The zero-order valence-electron chi connectivity index (χ0n) is 17.4. The van der Waals surface area contributed by atoms with Gasteiger partial charge in [0.25, 0.3) is 5.56 Å². The highest BCUT2D eigenvalue weighted by Crippen LogP contribution is 2.38. The number of H-pyrrole nitrogens is 1. The van der Waals surface area contributed by atoms with Crippen molar-refractivity contribution in [2.75, 3.05) is 19.6 Å². The molecule has 9 heteroatoms. The first-order chi connectivity index (χ1) is 14.5. The van der Waals surface area contributed by atoms with Crippen LogP contribution in [0.3, 0.4) is 0 Å². The second kappa shape index (κ2) is 7.77. The minimum Gasteiger partial charge on any atom is -0.310 e. The van der Waals surface area contributed by atoms with Gasteiger partial charge in [-0.2, -0.15) is 5.10 Å². The van der Waals surface area contributed by atoms with E-state index in [0.29, 0.717) is 23.3 Å². The molecule has 2 aliphatic carbocycles. The fraction of sp³-hybridized carbons (Fsp3) is 0.714. The average Bonchev–Trinajstić information content (AvgIpc) is 3.43. The molecule has 5 rings (SSSR count). The molecule has 0 aromatic carbocycles. The van der Waals surface area contributed by atoms with Crippen LogP contribution in [0.15, 0.2) is 11.0 Å². The van der Waals surface area contributed by atoms with E-state index in [4.69, 9.17) is 10.2 Å². The van der Waals surface area contributed by atoms with Gasteiger partial charge in [-0.05, 0) is 37.5 Å². The van der Waals surface area contributed by atoms with Crippen LogP contribution in [0.1, 0.15) is 63.2 Å². The maximum absolute atomic E-state index is 12.7. The smallest absolute Gasteiger partial charge is 0.262 e. The number of aromatic amines is 1. The zero-order chi connectivity index (χ0) is 20.8. The minimum absolute atomic E-state index is 0.0628. The highest BCUT2D eigenvalue weighted by atomic mass is 16.5. The van der Waals surface area contributed by atoms with Gasteiger partial charge in [0.1, 0.15) is 11.2 Å². The summed E-state index contributed by atoms with van der Waals surface area (Å²) in [7, 11) is 0. The van der Waals surface area contributed by atoms with Crippen LogP contribution in [0.2, 0.25) is 0 Å². The lowest BCUT2D eigenvalue weighted by atomic mass is 9.74. The SMILES string of the molecule is CC1CN(CC2CC(C(=O)NO)C2)CC1c1nc2c(cnn2C2CCCC2)c(=O)[nH]1. The standard InChI is InChI=1S/C21H30N6O3/c1-12-9-26(10-13-6-14(7-13)20(28)25-30)11-17(12)18-23-19-16(21(29)24-18)8-22-27(19)15-4-2-3-5-15/h8,12-15,17,30H,2-7,9-11H2,1H3,(H,25,28)(H,23,24,29). The molecule has 2 saturated carbocycles. The van der Waals surface area contributed by atoms with E-state index in [0.717, 1.165) is 56.8 Å². The number of hydrogen-bond donors (Lipinski definition) is 3. The summed E-state index contributed by atoms with van der Waals surface area (Å²) in [6.45, 7) is 4.98. The second-order valence-corrected chi connectivity index (χ2v) is 9.53. The predicted octanol–water partition coefficient (Wildman–Crippen LogP) is 1.80. The molecule has 3 fully saturated rings. The third kappa shape index (κ3) is 3.43. The number of aromatic nitrogens is 4. The molecule has 3 aliphatic rings. The zero-order valence-corrected chi connectivity index (χ0v) is 17.4. The fourth-order valence-electron chi connectivity index (χ4n) is 5.67. The topological polar surface area (TPSA) is 116 Å². The van der Waals surface area contributed by atoms with Gasteiger partial charge in [-0.15, -0.1) is 0 Å². The van der Waals surface area contributed by atoms with Gasteiger partial charge in [0.15, 0.2) is 5.65 Å². The molecule has 2 aromatic rings. The normalized spacial score (nSPS) is 30.1. The summed E-state index contributed by atoms with van der Waals surface area (Å²) >= 11 is 0. The molecule has 1 aliphatic heterocycles. The lowest BCUT2D eigenvalue weighted by Gasteiger charge is -2.36. The molecule has 0 spiro atoms. The van der Waals surface area contributed by atoms with Crippen molar-refractivity contribution in [3.05, 3.63) is 22.4 Å². The van der Waals surface area contributed by atoms with Gasteiger partial charge in [0.05, 0.1) is 12.2 Å². The summed E-state index contributed by atoms with van der Waals surface area (Å²) in [5.74, 6) is 1.50. The quantitative estimate of drug-likeness (QED) is 0.507. The van der Waals surface area contributed by atoms with Gasteiger partial charge < -0.3 is 9.88 Å². The van der Waals surface area contributed by atoms with E-state index in [1.165, 1.54) is 12.8 Å². The van der Waals surface area contributed by atoms with Crippen LogP contribution < -0.4 is 11.0 Å². The third-order valence-electron chi connectivity index (χ3n) is 7.42. The molecule has 1 amide bonds. The Morgan fingerprint density at radius 3 is 2.80 bits per heavy atom. The first-order valence-electron chi connectivity index (χ1n) is 11.2. The number of hydrogen-bond acceptors (Lipinski definition) is 6. The van der Waals surface area contributed by atoms with E-state index >= 15 is 0 Å². The fourth-order valence-corrected chi connectivity index (χ4v) is 5.67. The average molecular weight is 415 g/mol. The Bertz CT molecular complexity index is 988. The Morgan fingerprint density at radius 2 is 2.07 bits per heavy atom. The summed E-state index contributed by atoms with van der Waals surface area (Å²) in [5, 5.41) is 13.8. The van der Waals surface area contributed by atoms with Crippen molar-refractivity contribution < 1.29 is 10.0 Å². The van der Waals surface area contributed by atoms with Gasteiger partial charge in [-0.1, -0.05) is 19.8 Å². The Balaban J connectivity index is 1.31. The van der Waals surface area contributed by atoms with Crippen LogP contribution in [-0.2, 0) is 4.79 Å². The second-order valence-electron chi connectivity index (χ2n) is 9.53. The largest absolute Gasteiger partial charge is 0.310 e. The Labute approximate surface area is 174 Å². The summed E-state index contributed by atoms with van der Waals surface area (Å²) in [6, 6.07) is 0.352. The van der Waals surface area contributed by atoms with Gasteiger partial charge in [-0.3, -0.25) is 14.8 Å². The van der Waals surface area contributed by atoms with Gasteiger partial charge in [-0.25, -0.2) is 15.1 Å². The number of carbonyl (C=O) groups is 1. The first kappa shape index (κ1) is 19.7. The highest BCUT2D eigenvalue weighted by Gasteiger charge is 2.39. The number of rotatable bonds is 5. The van der Waals surface area contributed by atoms with Gasteiger partial charge >= 0.3 is 0 Å². The number of nitrogens with one attached hydrogen (secondary N) is 2. The van der Waals surface area contributed by atoms with Crippen molar-refractivity contribution in [2.24, 2.45) is 17.8 Å². The Kier molecular flexibility index (Phi) is 5.10. The van der Waals surface area contributed by atoms with Crippen molar-refractivity contribution in [3.8, 4) is 0 Å². The van der Waals surface area contributed by atoms with E-state index in [1.54, 1.807) is 11.7 Å². The Morgan fingerprint density at radius 1 is 1.30 bits per heavy atom. The van der Waals surface area contributed by atoms with E-state index in [-0.39, 0.29) is 23.3 Å². The molecule has 2 unspecified atom stereocenters. The van der Waals surface area contributed by atoms with Crippen LogP contribution in [0, 0.1) is 17.8 Å². The molecule has 1 saturated heterocycles. The molecule has 162 valence electrons. The molecule has 9 nitrogen and oxygen atoms in total. The van der Waals surface area contributed by atoms with Crippen LogP contribution >= 0.6 is 0 Å². The number of amides is 1. The molecule has 0 bridgehead atoms. The molecule has 2 aromatic heterocycles. The summed E-state index contributed by atoms with van der Waals surface area (Å²) in [6.07, 6.45) is 7.92. The predicted molar refractivity (Wildman–Crippen MR) is 110 cm³/mol. The van der Waals surface area contributed by atoms with E-state index in [9.17, 15) is 9.59 Å². The van der Waals surface area contributed by atoms with Crippen molar-refractivity contribution in [1.82, 2.24) is 30.1 Å². The summed E-state index contributed by atoms with van der Waals surface area (Å²) in [5.41, 5.74) is 2.39. The first-order valence-corrected chi connectivity index (χ1v) is 11.2. The molecular weight excluding hydrogens is 384 g/mol. The van der Waals surface area contributed by atoms with Gasteiger partial charge in [0, 0.05) is 31.5 Å². The molecular formula is C21H30N6O3. The third-order valence-corrected chi connectivity index (χ3v) is 7.42. The van der Waals surface area contributed by atoms with E-state index < -0.39 is 0 Å². The Hall–Kier alpha value is -2.26. The maximum atomic E-state index is 12.7. The van der Waals surface area contributed by atoms with Gasteiger partial charge in [0.2, 0.25) is 5.91 Å². The molecule has 0 radical (unpaired) electrons. The monoisotopic (exact) mass is 414 g/mol. The maximum Gasteiger partial charge on any atom is 0.262 e. The van der Waals surface area contributed by atoms with Crippen molar-refractivity contribution in [2.45, 2.75) is 57.4 Å². The van der Waals surface area contributed by atoms with Crippen molar-refractivity contribution >= 4 is 16.9 Å². The number of nitrogens with zero attached hydrogens (tertiary/aromatic N) is 4. The number of hydroxylamine groups is 1. The van der Waals surface area contributed by atoms with E-state index in [2.05, 4.69) is 21.9 Å². The summed E-state index contributed by atoms with van der Waals surface area (Å²) in [4.78, 5) is 34.6. The number of carbonyl (C=O) groups excluding carboxylic acids is 1. The lowest BCUT2D eigenvalue weighted by molar-refractivity contribution is -0.137. The van der Waals surface area contributed by atoms with Crippen molar-refractivity contribution in [3.63, 3.8) is 0 Å². The minimum atomic E-state index is -0.270. The molecule has 3 N–H and O–H groups in total. The number of fused-ring (bicyclic) bond motifs is 1. The molecule has 2 atom stereocenters. The highest BCUT2D eigenvalue weighted by molar-refractivity contribution is 5.78. The van der Waals surface area contributed by atoms with Crippen molar-refractivity contribution in [1.29, 1.82) is 0 Å². The van der Waals surface area contributed by atoms with Crippen LogP contribution in [-0.4, -0.2) is 55.4 Å². The van der Waals surface area contributed by atoms with Crippen LogP contribution in [0.25, 0.3) is 11.0 Å². The van der Waals surface area contributed by atoms with Crippen LogP contribution in [0.5, 0.6) is 0 Å². The van der Waals surface area contributed by atoms with E-state index in [1.807, 2.05) is 4.68 Å².